The van der Waals surface area contributed by atoms with E-state index in [0.717, 1.165) is 11.3 Å². The summed E-state index contributed by atoms with van der Waals surface area (Å²) >= 11 is 0. The molecular formula is C22H25N3O2. The summed E-state index contributed by atoms with van der Waals surface area (Å²) in [5.41, 5.74) is 2.97. The third-order valence-corrected chi connectivity index (χ3v) is 4.26. The molecule has 0 radical (unpaired) electrons. The van der Waals surface area contributed by atoms with E-state index in [2.05, 4.69) is 26.1 Å². The molecule has 140 valence electrons. The standard InChI is InChI=1S/C22H25N3O2/c1-16(26)25(18-11-9-17(15-23)10-12-18)14-13-21(27)24-20-8-6-5-7-19(20)22(2,3)4/h5-12H,13-14H2,1-4H3,(H,24,27). The predicted molar refractivity (Wildman–Crippen MR) is 108 cm³/mol. The fourth-order valence-electron chi connectivity index (χ4n) is 2.86. The zero-order chi connectivity index (χ0) is 20.0. The third kappa shape index (κ3) is 5.42. The van der Waals surface area contributed by atoms with Crippen LogP contribution in [0.3, 0.4) is 0 Å². The average molecular weight is 363 g/mol. The van der Waals surface area contributed by atoms with Gasteiger partial charge in [0.15, 0.2) is 0 Å². The van der Waals surface area contributed by atoms with Crippen LogP contribution in [-0.4, -0.2) is 18.4 Å². The lowest BCUT2D eigenvalue weighted by molar-refractivity contribution is -0.117. The summed E-state index contributed by atoms with van der Waals surface area (Å²) in [4.78, 5) is 26.0. The van der Waals surface area contributed by atoms with Gasteiger partial charge >= 0.3 is 0 Å². The number of amides is 2. The van der Waals surface area contributed by atoms with Crippen LogP contribution in [0.1, 0.15) is 45.2 Å². The quantitative estimate of drug-likeness (QED) is 0.863. The molecule has 0 unspecified atom stereocenters. The topological polar surface area (TPSA) is 73.2 Å². The SMILES string of the molecule is CC(=O)N(CCC(=O)Nc1ccccc1C(C)(C)C)c1ccc(C#N)cc1. The van der Waals surface area contributed by atoms with Gasteiger partial charge in [-0.25, -0.2) is 0 Å². The van der Waals surface area contributed by atoms with Gasteiger partial charge in [0.1, 0.15) is 0 Å². The van der Waals surface area contributed by atoms with Gasteiger partial charge in [0.2, 0.25) is 11.8 Å². The lowest BCUT2D eigenvalue weighted by atomic mass is 9.86. The van der Waals surface area contributed by atoms with Crippen molar-refractivity contribution in [3.05, 3.63) is 59.7 Å². The Balaban J connectivity index is 2.07. The van der Waals surface area contributed by atoms with Crippen LogP contribution in [0.15, 0.2) is 48.5 Å². The number of hydrogen-bond donors (Lipinski definition) is 1. The lowest BCUT2D eigenvalue weighted by Gasteiger charge is -2.24. The van der Waals surface area contributed by atoms with Crippen molar-refractivity contribution in [1.82, 2.24) is 0 Å². The molecule has 0 heterocycles. The molecule has 2 amide bonds. The number of benzene rings is 2. The van der Waals surface area contributed by atoms with Crippen LogP contribution in [0.4, 0.5) is 11.4 Å². The highest BCUT2D eigenvalue weighted by Gasteiger charge is 2.19. The van der Waals surface area contributed by atoms with Gasteiger partial charge in [-0.1, -0.05) is 39.0 Å². The molecule has 0 bridgehead atoms. The van der Waals surface area contributed by atoms with Crippen LogP contribution in [-0.2, 0) is 15.0 Å². The first kappa shape index (κ1) is 20.2. The minimum absolute atomic E-state index is 0.0855. The monoisotopic (exact) mass is 363 g/mol. The molecule has 0 saturated heterocycles. The lowest BCUT2D eigenvalue weighted by Crippen LogP contribution is -2.32. The second kappa shape index (κ2) is 8.50. The van der Waals surface area contributed by atoms with E-state index in [1.165, 1.54) is 11.8 Å². The first-order valence-corrected chi connectivity index (χ1v) is 8.90. The molecule has 5 nitrogen and oxygen atoms in total. The first-order chi connectivity index (χ1) is 12.7. The molecular weight excluding hydrogens is 338 g/mol. The van der Waals surface area contributed by atoms with Gasteiger partial charge in [0, 0.05) is 31.3 Å². The predicted octanol–water partition coefficient (Wildman–Crippen LogP) is 4.24. The molecule has 2 rings (SSSR count). The first-order valence-electron chi connectivity index (χ1n) is 8.90. The van der Waals surface area contributed by atoms with Crippen molar-refractivity contribution in [2.75, 3.05) is 16.8 Å². The Morgan fingerprint density at radius 1 is 1.07 bits per heavy atom. The minimum Gasteiger partial charge on any atom is -0.326 e. The highest BCUT2D eigenvalue weighted by Crippen LogP contribution is 2.29. The Labute approximate surface area is 160 Å². The number of nitrogens with one attached hydrogen (secondary N) is 1. The van der Waals surface area contributed by atoms with Crippen molar-refractivity contribution in [3.8, 4) is 6.07 Å². The number of carbonyl (C=O) groups is 2. The molecule has 27 heavy (non-hydrogen) atoms. The maximum Gasteiger partial charge on any atom is 0.226 e. The van der Waals surface area contributed by atoms with Gasteiger partial charge in [-0.05, 0) is 41.3 Å². The summed E-state index contributed by atoms with van der Waals surface area (Å²) in [7, 11) is 0. The summed E-state index contributed by atoms with van der Waals surface area (Å²) in [6.07, 6.45) is 0.179. The molecule has 0 aliphatic carbocycles. The Bertz CT molecular complexity index is 858. The molecule has 0 saturated carbocycles. The van der Waals surface area contributed by atoms with Crippen LogP contribution < -0.4 is 10.2 Å². The van der Waals surface area contributed by atoms with Crippen LogP contribution in [0.25, 0.3) is 0 Å². The molecule has 2 aromatic rings. The van der Waals surface area contributed by atoms with Gasteiger partial charge in [-0.3, -0.25) is 9.59 Å². The highest BCUT2D eigenvalue weighted by atomic mass is 16.2. The van der Waals surface area contributed by atoms with E-state index in [0.29, 0.717) is 11.3 Å². The molecule has 5 heteroatoms. The minimum atomic E-state index is -0.150. The number of rotatable bonds is 5. The fraction of sp³-hybridized carbons (Fsp3) is 0.318. The van der Waals surface area contributed by atoms with Crippen molar-refractivity contribution >= 4 is 23.2 Å². The third-order valence-electron chi connectivity index (χ3n) is 4.26. The van der Waals surface area contributed by atoms with Gasteiger partial charge in [-0.15, -0.1) is 0 Å². The molecule has 0 aliphatic heterocycles. The van der Waals surface area contributed by atoms with Crippen molar-refractivity contribution < 1.29 is 9.59 Å². The second-order valence-corrected chi connectivity index (χ2v) is 7.42. The van der Waals surface area contributed by atoms with E-state index < -0.39 is 0 Å². The van der Waals surface area contributed by atoms with Gasteiger partial charge in [0.05, 0.1) is 11.6 Å². The molecule has 0 fully saturated rings. The molecule has 0 spiro atoms. The summed E-state index contributed by atoms with van der Waals surface area (Å²) in [6.45, 7) is 8.02. The number of nitriles is 1. The van der Waals surface area contributed by atoms with Crippen molar-refractivity contribution in [2.45, 2.75) is 39.5 Å². The van der Waals surface area contributed by atoms with Crippen LogP contribution >= 0.6 is 0 Å². The van der Waals surface area contributed by atoms with Crippen molar-refractivity contribution in [3.63, 3.8) is 0 Å². The maximum atomic E-state index is 12.5. The van der Waals surface area contributed by atoms with Crippen molar-refractivity contribution in [2.24, 2.45) is 0 Å². The zero-order valence-electron chi connectivity index (χ0n) is 16.2. The second-order valence-electron chi connectivity index (χ2n) is 7.42. The normalized spacial score (nSPS) is 10.8. The summed E-state index contributed by atoms with van der Waals surface area (Å²) in [5.74, 6) is -0.297. The number of carbonyl (C=O) groups excluding carboxylic acids is 2. The molecule has 0 atom stereocenters. The van der Waals surface area contributed by atoms with Gasteiger partial charge < -0.3 is 10.2 Å². The molecule has 2 aromatic carbocycles. The van der Waals surface area contributed by atoms with E-state index in [-0.39, 0.29) is 30.2 Å². The zero-order valence-corrected chi connectivity index (χ0v) is 16.2. The van der Waals surface area contributed by atoms with Crippen LogP contribution in [0.2, 0.25) is 0 Å². The summed E-state index contributed by atoms with van der Waals surface area (Å²) in [6, 6.07) is 16.5. The van der Waals surface area contributed by atoms with Crippen molar-refractivity contribution in [1.29, 1.82) is 5.26 Å². The number of para-hydroxylation sites is 1. The molecule has 0 aromatic heterocycles. The largest absolute Gasteiger partial charge is 0.326 e. The molecule has 1 N–H and O–H groups in total. The fourth-order valence-corrected chi connectivity index (χ4v) is 2.86. The Hall–Kier alpha value is -3.13. The van der Waals surface area contributed by atoms with E-state index in [9.17, 15) is 9.59 Å². The Kier molecular flexibility index (Phi) is 6.36. The smallest absolute Gasteiger partial charge is 0.226 e. The number of nitrogens with zero attached hydrogens (tertiary/aromatic N) is 2. The van der Waals surface area contributed by atoms with E-state index in [1.807, 2.05) is 30.3 Å². The number of anilines is 2. The number of hydrogen-bond acceptors (Lipinski definition) is 3. The Morgan fingerprint density at radius 3 is 2.26 bits per heavy atom. The van der Waals surface area contributed by atoms with Gasteiger partial charge in [-0.2, -0.15) is 5.26 Å². The average Bonchev–Trinajstić information content (AvgIpc) is 2.61. The molecule has 0 aliphatic rings. The van der Waals surface area contributed by atoms with E-state index in [1.54, 1.807) is 24.3 Å². The maximum absolute atomic E-state index is 12.5. The summed E-state index contributed by atoms with van der Waals surface area (Å²) < 4.78 is 0. The Morgan fingerprint density at radius 2 is 1.70 bits per heavy atom. The summed E-state index contributed by atoms with van der Waals surface area (Å²) in [5, 5.41) is 11.8. The van der Waals surface area contributed by atoms with E-state index in [4.69, 9.17) is 5.26 Å². The highest BCUT2D eigenvalue weighted by molar-refractivity contribution is 5.95. The van der Waals surface area contributed by atoms with Gasteiger partial charge in [0.25, 0.3) is 0 Å². The van der Waals surface area contributed by atoms with Crippen LogP contribution in [0, 0.1) is 11.3 Å². The van der Waals surface area contributed by atoms with Crippen LogP contribution in [0.5, 0.6) is 0 Å². The van der Waals surface area contributed by atoms with E-state index >= 15 is 0 Å².